The summed E-state index contributed by atoms with van der Waals surface area (Å²) in [7, 11) is 1.89. The number of fused-ring (bicyclic) bond motifs is 1. The van der Waals surface area contributed by atoms with Crippen molar-refractivity contribution in [1.82, 2.24) is 24.3 Å². The van der Waals surface area contributed by atoms with Gasteiger partial charge in [-0.05, 0) is 13.0 Å². The molecule has 0 radical (unpaired) electrons. The van der Waals surface area contributed by atoms with E-state index < -0.39 is 5.97 Å². The van der Waals surface area contributed by atoms with E-state index in [1.54, 1.807) is 19.4 Å². The molecule has 2 N–H and O–H groups in total. The molecule has 108 valence electrons. The van der Waals surface area contributed by atoms with E-state index in [2.05, 4.69) is 15.1 Å². The number of aryl methyl sites for hydroxylation is 1. The van der Waals surface area contributed by atoms with E-state index in [4.69, 9.17) is 10.5 Å². The standard InChI is InChI=1S/C13H14N6O2/c1-3-21-13(20)10-8(14)6-19(17-10)12-11-9(4-5-15-12)18(2)7-16-11/h4-7H,3,14H2,1-2H3. The molecule has 8 nitrogen and oxygen atoms in total. The van der Waals surface area contributed by atoms with Crippen LogP contribution in [0.15, 0.2) is 24.8 Å². The lowest BCUT2D eigenvalue weighted by Crippen LogP contribution is -2.08. The molecular formula is C13H14N6O2. The van der Waals surface area contributed by atoms with Crippen molar-refractivity contribution < 1.29 is 9.53 Å². The lowest BCUT2D eigenvalue weighted by atomic mass is 10.4. The molecule has 0 spiro atoms. The SMILES string of the molecule is CCOC(=O)c1nn(-c2nccc3c2ncn3C)cc1N. The highest BCUT2D eigenvalue weighted by Gasteiger charge is 2.18. The van der Waals surface area contributed by atoms with Crippen LogP contribution < -0.4 is 5.73 Å². The monoisotopic (exact) mass is 286 g/mol. The van der Waals surface area contributed by atoms with Crippen LogP contribution in [0.1, 0.15) is 17.4 Å². The van der Waals surface area contributed by atoms with E-state index in [1.807, 2.05) is 17.7 Å². The molecule has 0 aliphatic carbocycles. The zero-order valence-electron chi connectivity index (χ0n) is 11.6. The Bertz CT molecular complexity index is 819. The average Bonchev–Trinajstić information content (AvgIpc) is 3.03. The van der Waals surface area contributed by atoms with Crippen molar-refractivity contribution >= 4 is 22.7 Å². The van der Waals surface area contributed by atoms with Gasteiger partial charge in [-0.1, -0.05) is 0 Å². The lowest BCUT2D eigenvalue weighted by Gasteiger charge is -2.01. The van der Waals surface area contributed by atoms with E-state index in [0.717, 1.165) is 5.52 Å². The third-order valence-electron chi connectivity index (χ3n) is 3.05. The summed E-state index contributed by atoms with van der Waals surface area (Å²) in [5.74, 6) is -0.0442. The maximum atomic E-state index is 11.8. The predicted molar refractivity (Wildman–Crippen MR) is 76.0 cm³/mol. The van der Waals surface area contributed by atoms with E-state index >= 15 is 0 Å². The Balaban J connectivity index is 2.11. The number of nitrogen functional groups attached to an aromatic ring is 1. The van der Waals surface area contributed by atoms with Crippen molar-refractivity contribution in [3.63, 3.8) is 0 Å². The summed E-state index contributed by atoms with van der Waals surface area (Å²) in [4.78, 5) is 20.3. The third-order valence-corrected chi connectivity index (χ3v) is 3.05. The maximum absolute atomic E-state index is 11.8. The molecule has 3 aromatic heterocycles. The number of hydrogen-bond donors (Lipinski definition) is 1. The fourth-order valence-electron chi connectivity index (χ4n) is 2.07. The van der Waals surface area contributed by atoms with E-state index in [1.165, 1.54) is 10.9 Å². The van der Waals surface area contributed by atoms with Crippen molar-refractivity contribution in [3.05, 3.63) is 30.5 Å². The molecule has 8 heteroatoms. The molecule has 3 heterocycles. The van der Waals surface area contributed by atoms with Gasteiger partial charge >= 0.3 is 5.97 Å². The number of nitrogens with zero attached hydrogens (tertiary/aromatic N) is 5. The Hall–Kier alpha value is -2.90. The molecule has 0 saturated heterocycles. The van der Waals surface area contributed by atoms with E-state index in [9.17, 15) is 4.79 Å². The summed E-state index contributed by atoms with van der Waals surface area (Å²) in [6, 6.07) is 1.85. The van der Waals surface area contributed by atoms with Gasteiger partial charge in [0.1, 0.15) is 5.52 Å². The third kappa shape index (κ3) is 2.10. The predicted octanol–water partition coefficient (Wildman–Crippen LogP) is 0.913. The summed E-state index contributed by atoms with van der Waals surface area (Å²) in [5.41, 5.74) is 7.72. The van der Waals surface area contributed by atoms with Crippen LogP contribution in [0, 0.1) is 0 Å². The molecule has 0 aromatic carbocycles. The smallest absolute Gasteiger partial charge is 0.361 e. The van der Waals surface area contributed by atoms with Crippen LogP contribution in [0.3, 0.4) is 0 Å². The fourth-order valence-corrected chi connectivity index (χ4v) is 2.07. The summed E-state index contributed by atoms with van der Waals surface area (Å²) in [5, 5.41) is 4.16. The van der Waals surface area contributed by atoms with Gasteiger partial charge in [0.2, 0.25) is 0 Å². The number of esters is 1. The van der Waals surface area contributed by atoms with Crippen molar-refractivity contribution in [2.45, 2.75) is 6.92 Å². The Labute approximate surface area is 120 Å². The summed E-state index contributed by atoms with van der Waals surface area (Å²) in [6.45, 7) is 1.99. The molecule has 0 aliphatic heterocycles. The van der Waals surface area contributed by atoms with Crippen LogP contribution in [0.2, 0.25) is 0 Å². The summed E-state index contributed by atoms with van der Waals surface area (Å²) >= 11 is 0. The Morgan fingerprint density at radius 1 is 1.43 bits per heavy atom. The highest BCUT2D eigenvalue weighted by atomic mass is 16.5. The molecule has 0 amide bonds. The minimum Gasteiger partial charge on any atom is -0.461 e. The number of rotatable bonds is 3. The molecule has 0 unspecified atom stereocenters. The number of hydrogen-bond acceptors (Lipinski definition) is 6. The van der Waals surface area contributed by atoms with Crippen LogP contribution in [0.4, 0.5) is 5.69 Å². The zero-order valence-corrected chi connectivity index (χ0v) is 11.6. The lowest BCUT2D eigenvalue weighted by molar-refractivity contribution is 0.0520. The number of carbonyl (C=O) groups excluding carboxylic acids is 1. The number of imidazole rings is 1. The van der Waals surface area contributed by atoms with Gasteiger partial charge in [-0.2, -0.15) is 5.10 Å². The quantitative estimate of drug-likeness (QED) is 0.718. The van der Waals surface area contributed by atoms with Crippen LogP contribution in [-0.4, -0.2) is 36.9 Å². The topological polar surface area (TPSA) is 101 Å². The summed E-state index contributed by atoms with van der Waals surface area (Å²) in [6.07, 6.45) is 4.87. The van der Waals surface area contributed by atoms with Crippen LogP contribution in [0.5, 0.6) is 0 Å². The van der Waals surface area contributed by atoms with E-state index in [0.29, 0.717) is 11.3 Å². The van der Waals surface area contributed by atoms with Crippen molar-refractivity contribution in [1.29, 1.82) is 0 Å². The highest BCUT2D eigenvalue weighted by molar-refractivity contribution is 5.93. The molecule has 0 fully saturated rings. The van der Waals surface area contributed by atoms with Crippen LogP contribution >= 0.6 is 0 Å². The zero-order chi connectivity index (χ0) is 15.0. The number of anilines is 1. The van der Waals surface area contributed by atoms with Crippen molar-refractivity contribution in [2.24, 2.45) is 7.05 Å². The van der Waals surface area contributed by atoms with E-state index in [-0.39, 0.29) is 18.0 Å². The first-order chi connectivity index (χ1) is 10.1. The summed E-state index contributed by atoms with van der Waals surface area (Å²) < 4.78 is 8.23. The first kappa shape index (κ1) is 13.1. The van der Waals surface area contributed by atoms with Crippen molar-refractivity contribution in [2.75, 3.05) is 12.3 Å². The normalized spacial score (nSPS) is 11.0. The van der Waals surface area contributed by atoms with Gasteiger partial charge in [0, 0.05) is 13.2 Å². The van der Waals surface area contributed by atoms with Gasteiger partial charge in [-0.25, -0.2) is 19.4 Å². The van der Waals surface area contributed by atoms with Crippen LogP contribution in [0.25, 0.3) is 16.9 Å². The van der Waals surface area contributed by atoms with Gasteiger partial charge < -0.3 is 15.0 Å². The molecule has 0 atom stereocenters. The second-order valence-electron chi connectivity index (χ2n) is 4.46. The molecule has 0 saturated carbocycles. The number of aromatic nitrogens is 5. The Morgan fingerprint density at radius 3 is 3.00 bits per heavy atom. The van der Waals surface area contributed by atoms with Gasteiger partial charge in [0.25, 0.3) is 0 Å². The fraction of sp³-hybridized carbons (Fsp3) is 0.231. The number of ether oxygens (including phenoxy) is 1. The number of carbonyl (C=O) groups is 1. The van der Waals surface area contributed by atoms with Gasteiger partial charge in [0.05, 0.1) is 30.3 Å². The minimum absolute atomic E-state index is 0.0755. The second kappa shape index (κ2) is 4.89. The second-order valence-corrected chi connectivity index (χ2v) is 4.46. The number of nitrogens with two attached hydrogens (primary N) is 1. The minimum atomic E-state index is -0.554. The Morgan fingerprint density at radius 2 is 2.24 bits per heavy atom. The first-order valence-electron chi connectivity index (χ1n) is 6.40. The molecule has 3 rings (SSSR count). The molecule has 0 bridgehead atoms. The van der Waals surface area contributed by atoms with Crippen molar-refractivity contribution in [3.8, 4) is 5.82 Å². The van der Waals surface area contributed by atoms with Gasteiger partial charge in [0.15, 0.2) is 11.5 Å². The van der Waals surface area contributed by atoms with Crippen LogP contribution in [-0.2, 0) is 11.8 Å². The molecule has 21 heavy (non-hydrogen) atoms. The Kier molecular flexibility index (Phi) is 3.05. The molecule has 0 aliphatic rings. The average molecular weight is 286 g/mol. The number of pyridine rings is 1. The molecular weight excluding hydrogens is 272 g/mol. The molecule has 3 aromatic rings. The largest absolute Gasteiger partial charge is 0.461 e. The highest BCUT2D eigenvalue weighted by Crippen LogP contribution is 2.20. The van der Waals surface area contributed by atoms with Gasteiger partial charge in [-0.3, -0.25) is 0 Å². The first-order valence-corrected chi connectivity index (χ1v) is 6.40. The maximum Gasteiger partial charge on any atom is 0.361 e. The van der Waals surface area contributed by atoms with Gasteiger partial charge in [-0.15, -0.1) is 0 Å².